The van der Waals surface area contributed by atoms with Crippen LogP contribution >= 0.6 is 11.8 Å². The molecule has 2 heterocycles. The van der Waals surface area contributed by atoms with E-state index < -0.39 is 12.0 Å². The van der Waals surface area contributed by atoms with Crippen LogP contribution in [-0.2, 0) is 14.4 Å². The van der Waals surface area contributed by atoms with Crippen LogP contribution in [0.3, 0.4) is 0 Å². The zero-order valence-corrected chi connectivity index (χ0v) is 10.1. The summed E-state index contributed by atoms with van der Waals surface area (Å²) in [5.74, 6) is 9.18. The molecule has 1 saturated heterocycles. The average molecular weight is 269 g/mol. The number of hydrogen-bond acceptors (Lipinski definition) is 7. The molecule has 2 aliphatic heterocycles. The molecule has 18 heavy (non-hydrogen) atoms. The van der Waals surface area contributed by atoms with E-state index in [1.165, 1.54) is 22.7 Å². The second-order valence-corrected chi connectivity index (χ2v) is 4.67. The first-order valence-electron chi connectivity index (χ1n) is 4.97. The summed E-state index contributed by atoms with van der Waals surface area (Å²) in [6, 6.07) is -0.660. The second kappa shape index (κ2) is 4.78. The van der Waals surface area contributed by atoms with Gasteiger partial charge in [-0.3, -0.25) is 9.69 Å². The lowest BCUT2D eigenvalue weighted by Gasteiger charge is -2.46. The van der Waals surface area contributed by atoms with Crippen molar-refractivity contribution in [3.8, 4) is 0 Å². The molecular weight excluding hydrogens is 258 g/mol. The largest absolute Gasteiger partial charge is 0.373 e. The van der Waals surface area contributed by atoms with Crippen LogP contribution in [0.4, 0.5) is 0 Å². The molecule has 0 bridgehead atoms. The van der Waals surface area contributed by atoms with Gasteiger partial charge in [-0.15, -0.1) is 11.8 Å². The van der Waals surface area contributed by atoms with E-state index in [1.54, 1.807) is 0 Å². The van der Waals surface area contributed by atoms with Crippen LogP contribution in [-0.4, -0.2) is 33.9 Å². The van der Waals surface area contributed by atoms with Crippen molar-refractivity contribution < 1.29 is 14.4 Å². The molecular formula is C9H11N5O3S. The Labute approximate surface area is 107 Å². The summed E-state index contributed by atoms with van der Waals surface area (Å²) in [5, 5.41) is 6.44. The summed E-state index contributed by atoms with van der Waals surface area (Å²) < 4.78 is 0. The van der Waals surface area contributed by atoms with Crippen LogP contribution in [0.1, 0.15) is 0 Å². The summed E-state index contributed by atoms with van der Waals surface area (Å²) >= 11 is 1.45. The second-order valence-electron chi connectivity index (χ2n) is 3.57. The van der Waals surface area contributed by atoms with Crippen molar-refractivity contribution in [2.75, 3.05) is 5.75 Å². The van der Waals surface area contributed by atoms with E-state index in [2.05, 4.69) is 21.8 Å². The normalized spacial score (nSPS) is 26.9. The summed E-state index contributed by atoms with van der Waals surface area (Å²) in [4.78, 5) is 28.9. The van der Waals surface area contributed by atoms with Gasteiger partial charge in [-0.25, -0.2) is 4.79 Å². The average Bonchev–Trinajstić information content (AvgIpc) is 2.41. The highest BCUT2D eigenvalue weighted by Gasteiger charge is 2.54. The lowest BCUT2D eigenvalue weighted by Crippen LogP contribution is -2.64. The van der Waals surface area contributed by atoms with Gasteiger partial charge in [0.05, 0.1) is 0 Å². The van der Waals surface area contributed by atoms with Crippen molar-refractivity contribution in [1.82, 2.24) is 4.90 Å². The van der Waals surface area contributed by atoms with Gasteiger partial charge >= 0.3 is 5.97 Å². The lowest BCUT2D eigenvalue weighted by atomic mass is 10.0. The lowest BCUT2D eigenvalue weighted by molar-refractivity contribution is -0.151. The highest BCUT2D eigenvalue weighted by molar-refractivity contribution is 8.00. The number of thioether (sulfide) groups is 1. The molecule has 1 amide bonds. The van der Waals surface area contributed by atoms with Crippen LogP contribution in [0.2, 0.25) is 0 Å². The van der Waals surface area contributed by atoms with Gasteiger partial charge in [0.2, 0.25) is 0 Å². The van der Waals surface area contributed by atoms with Crippen LogP contribution in [0.15, 0.2) is 34.3 Å². The van der Waals surface area contributed by atoms with Gasteiger partial charge in [0.25, 0.3) is 5.91 Å². The molecule has 0 spiro atoms. The van der Waals surface area contributed by atoms with Gasteiger partial charge in [0.1, 0.15) is 11.1 Å². The Bertz CT molecular complexity index is 475. The summed E-state index contributed by atoms with van der Waals surface area (Å²) in [5.41, 5.74) is 0.716. The molecule has 1 unspecified atom stereocenters. The van der Waals surface area contributed by atoms with Crippen molar-refractivity contribution in [1.29, 1.82) is 0 Å². The first-order valence-corrected chi connectivity index (χ1v) is 6.02. The fraction of sp³-hybridized carbons (Fsp3) is 0.333. The van der Waals surface area contributed by atoms with Gasteiger partial charge in [0.15, 0.2) is 6.04 Å². The van der Waals surface area contributed by atoms with E-state index in [4.69, 9.17) is 11.7 Å². The van der Waals surface area contributed by atoms with E-state index in [0.29, 0.717) is 11.3 Å². The topological polar surface area (TPSA) is 123 Å². The third-order valence-electron chi connectivity index (χ3n) is 2.71. The Morgan fingerprint density at radius 3 is 2.94 bits per heavy atom. The maximum absolute atomic E-state index is 11.9. The maximum Gasteiger partial charge on any atom is 0.373 e. The highest BCUT2D eigenvalue weighted by atomic mass is 32.2. The van der Waals surface area contributed by atoms with Gasteiger partial charge in [-0.2, -0.15) is 11.0 Å². The summed E-state index contributed by atoms with van der Waals surface area (Å²) in [6.45, 7) is 3.60. The van der Waals surface area contributed by atoms with Crippen molar-refractivity contribution in [2.45, 2.75) is 11.4 Å². The Kier molecular flexibility index (Phi) is 3.34. The molecule has 0 aromatic rings. The number of β-lactam (4-membered cyclic amide) rings is 1. The predicted octanol–water partition coefficient (Wildman–Crippen LogP) is -0.547. The number of carbonyl (C=O) groups is 2. The standard InChI is InChI=1S/C9H11N5O3S/c1-2-4-3-18-8-5(12-13-10)7(15)14(8)6(4)9(16)17-11/h2,5,8H,1,3,11H2,(H2,10,12)/t5-,8?/m1/s1. The Morgan fingerprint density at radius 1 is 1.67 bits per heavy atom. The first-order chi connectivity index (χ1) is 8.65. The molecule has 0 radical (unpaired) electrons. The molecule has 96 valence electrons. The number of fused-ring (bicyclic) bond motifs is 1. The predicted molar refractivity (Wildman–Crippen MR) is 63.4 cm³/mol. The van der Waals surface area contributed by atoms with E-state index in [0.717, 1.165) is 0 Å². The van der Waals surface area contributed by atoms with Crippen molar-refractivity contribution >= 4 is 23.6 Å². The van der Waals surface area contributed by atoms with Crippen LogP contribution in [0.25, 0.3) is 0 Å². The molecule has 0 aromatic heterocycles. The fourth-order valence-electron chi connectivity index (χ4n) is 1.87. The molecule has 0 saturated carbocycles. The monoisotopic (exact) mass is 269 g/mol. The van der Waals surface area contributed by atoms with Gasteiger partial charge in [-0.1, -0.05) is 17.9 Å². The van der Waals surface area contributed by atoms with Gasteiger partial charge < -0.3 is 10.7 Å². The summed E-state index contributed by atoms with van der Waals surface area (Å²) in [6.07, 6.45) is 1.50. The molecule has 0 aliphatic carbocycles. The SMILES string of the molecule is C=CC1=C(C(=O)ON)N2C(=O)[C@@H](N=NN)C2SC1. The third kappa shape index (κ3) is 1.68. The molecule has 1 fully saturated rings. The number of nitrogens with two attached hydrogens (primary N) is 2. The minimum Gasteiger partial charge on any atom is -0.369 e. The van der Waals surface area contributed by atoms with Crippen molar-refractivity contribution in [3.05, 3.63) is 23.9 Å². The number of amides is 1. The number of nitrogens with zero attached hydrogens (tertiary/aromatic N) is 3. The first kappa shape index (κ1) is 12.6. The Hall–Kier alpha value is -1.87. The highest BCUT2D eigenvalue weighted by Crippen LogP contribution is 2.42. The maximum atomic E-state index is 11.9. The van der Waals surface area contributed by atoms with Gasteiger partial charge in [-0.05, 0) is 5.57 Å². The minimum atomic E-state index is -0.772. The van der Waals surface area contributed by atoms with Crippen molar-refractivity contribution in [2.24, 2.45) is 22.1 Å². The van der Waals surface area contributed by atoms with E-state index in [1.807, 2.05) is 0 Å². The molecule has 0 aromatic carbocycles. The quantitative estimate of drug-likeness (QED) is 0.307. The Balaban J connectivity index is 2.36. The number of hydrogen-bond donors (Lipinski definition) is 2. The number of allylic oxidation sites excluding steroid dienone is 1. The van der Waals surface area contributed by atoms with Crippen LogP contribution in [0, 0.1) is 0 Å². The van der Waals surface area contributed by atoms with Crippen LogP contribution < -0.4 is 11.7 Å². The molecule has 2 aliphatic rings. The van der Waals surface area contributed by atoms with E-state index in [-0.39, 0.29) is 17.0 Å². The van der Waals surface area contributed by atoms with Crippen molar-refractivity contribution in [3.63, 3.8) is 0 Å². The zero-order chi connectivity index (χ0) is 13.3. The van der Waals surface area contributed by atoms with Gasteiger partial charge in [0, 0.05) is 5.75 Å². The molecule has 4 N–H and O–H groups in total. The zero-order valence-electron chi connectivity index (χ0n) is 9.28. The fourth-order valence-corrected chi connectivity index (χ4v) is 3.19. The Morgan fingerprint density at radius 2 is 2.39 bits per heavy atom. The molecule has 8 nitrogen and oxygen atoms in total. The molecule has 9 heteroatoms. The third-order valence-corrected chi connectivity index (χ3v) is 4.00. The minimum absolute atomic E-state index is 0.115. The molecule has 2 rings (SSSR count). The smallest absolute Gasteiger partial charge is 0.369 e. The van der Waals surface area contributed by atoms with E-state index >= 15 is 0 Å². The van der Waals surface area contributed by atoms with Crippen LogP contribution in [0.5, 0.6) is 0 Å². The number of carbonyl (C=O) groups excluding carboxylic acids is 2. The molecule has 2 atom stereocenters. The summed E-state index contributed by atoms with van der Waals surface area (Å²) in [7, 11) is 0. The van der Waals surface area contributed by atoms with E-state index in [9.17, 15) is 9.59 Å². The number of rotatable bonds is 3.